The van der Waals surface area contributed by atoms with Crippen LogP contribution in [-0.2, 0) is 24.0 Å². The molecule has 1 unspecified atom stereocenters. The molecular weight excluding hydrogens is 256 g/mol. The molecule has 2 heterocycles. The highest BCUT2D eigenvalue weighted by atomic mass is 16.4. The minimum absolute atomic E-state index is 0.134. The van der Waals surface area contributed by atoms with Crippen LogP contribution in [0.3, 0.4) is 0 Å². The van der Waals surface area contributed by atoms with Crippen LogP contribution in [0, 0.1) is 0 Å². The lowest BCUT2D eigenvalue weighted by Gasteiger charge is -2.39. The standard InChI is InChI=1S/C11H10N2O6/c1-11(10(18)19,12-6(14)2-3-7(12)15)13-8(16)4-5-9(13)17/h2-3H,4-5H2,1H3,(H,18,19). The molecule has 19 heavy (non-hydrogen) atoms. The molecule has 0 aliphatic carbocycles. The highest BCUT2D eigenvalue weighted by Gasteiger charge is 2.56. The third-order valence-corrected chi connectivity index (χ3v) is 3.14. The van der Waals surface area contributed by atoms with Crippen LogP contribution in [-0.4, -0.2) is 50.2 Å². The van der Waals surface area contributed by atoms with E-state index in [9.17, 15) is 29.1 Å². The highest BCUT2D eigenvalue weighted by Crippen LogP contribution is 2.30. The topological polar surface area (TPSA) is 112 Å². The number of carbonyl (C=O) groups excluding carboxylic acids is 4. The van der Waals surface area contributed by atoms with Gasteiger partial charge in [0.25, 0.3) is 11.8 Å². The van der Waals surface area contributed by atoms with Gasteiger partial charge in [0.05, 0.1) is 0 Å². The van der Waals surface area contributed by atoms with Crippen LogP contribution in [0.1, 0.15) is 19.8 Å². The number of carboxylic acids is 1. The fourth-order valence-corrected chi connectivity index (χ4v) is 2.18. The van der Waals surface area contributed by atoms with Gasteiger partial charge in [0.2, 0.25) is 17.5 Å². The van der Waals surface area contributed by atoms with Crippen molar-refractivity contribution >= 4 is 29.6 Å². The van der Waals surface area contributed by atoms with Gasteiger partial charge in [0.15, 0.2) is 0 Å². The number of rotatable bonds is 3. The van der Waals surface area contributed by atoms with Gasteiger partial charge in [0.1, 0.15) is 0 Å². The van der Waals surface area contributed by atoms with Gasteiger partial charge in [-0.2, -0.15) is 0 Å². The Morgan fingerprint density at radius 3 is 1.84 bits per heavy atom. The predicted octanol–water partition coefficient (Wildman–Crippen LogP) is -1.14. The summed E-state index contributed by atoms with van der Waals surface area (Å²) in [6.45, 7) is 0.985. The van der Waals surface area contributed by atoms with Crippen molar-refractivity contribution in [3.8, 4) is 0 Å². The zero-order valence-corrected chi connectivity index (χ0v) is 9.95. The maximum absolute atomic E-state index is 11.7. The summed E-state index contributed by atoms with van der Waals surface area (Å²) >= 11 is 0. The van der Waals surface area contributed by atoms with E-state index in [1.165, 1.54) is 0 Å². The number of likely N-dealkylation sites (tertiary alicyclic amines) is 1. The Bertz CT molecular complexity index is 513. The van der Waals surface area contributed by atoms with Crippen LogP contribution < -0.4 is 0 Å². The summed E-state index contributed by atoms with van der Waals surface area (Å²) in [6, 6.07) is 0. The summed E-state index contributed by atoms with van der Waals surface area (Å²) in [5.41, 5.74) is -2.33. The van der Waals surface area contributed by atoms with Gasteiger partial charge in [0, 0.05) is 25.0 Å². The van der Waals surface area contributed by atoms with E-state index in [2.05, 4.69) is 0 Å². The summed E-state index contributed by atoms with van der Waals surface area (Å²) in [6.07, 6.45) is 1.53. The van der Waals surface area contributed by atoms with Gasteiger partial charge >= 0.3 is 5.97 Å². The average molecular weight is 266 g/mol. The molecule has 0 saturated carbocycles. The van der Waals surface area contributed by atoms with Crippen molar-refractivity contribution in [2.75, 3.05) is 0 Å². The van der Waals surface area contributed by atoms with Crippen molar-refractivity contribution in [1.82, 2.24) is 9.80 Å². The molecule has 0 aromatic heterocycles. The fourth-order valence-electron chi connectivity index (χ4n) is 2.18. The highest BCUT2D eigenvalue weighted by molar-refractivity contribution is 6.17. The van der Waals surface area contributed by atoms with Crippen LogP contribution in [0.2, 0.25) is 0 Å². The zero-order valence-electron chi connectivity index (χ0n) is 9.95. The summed E-state index contributed by atoms with van der Waals surface area (Å²) in [5, 5.41) is 9.30. The summed E-state index contributed by atoms with van der Waals surface area (Å²) in [5.74, 6) is -4.81. The zero-order chi connectivity index (χ0) is 14.4. The Kier molecular flexibility index (Phi) is 2.73. The first kappa shape index (κ1) is 12.9. The first-order chi connectivity index (χ1) is 8.80. The second kappa shape index (κ2) is 4.01. The summed E-state index contributed by atoms with van der Waals surface area (Å²) in [7, 11) is 0. The molecule has 8 nitrogen and oxygen atoms in total. The lowest BCUT2D eigenvalue weighted by molar-refractivity contribution is -0.180. The molecule has 100 valence electrons. The third-order valence-electron chi connectivity index (χ3n) is 3.14. The number of amides is 4. The molecule has 8 heteroatoms. The third kappa shape index (κ3) is 1.64. The molecule has 1 saturated heterocycles. The van der Waals surface area contributed by atoms with Crippen LogP contribution in [0.25, 0.3) is 0 Å². The Labute approximate surface area is 107 Å². The molecule has 0 bridgehead atoms. The first-order valence-electron chi connectivity index (χ1n) is 5.45. The minimum Gasteiger partial charge on any atom is -0.478 e. The predicted molar refractivity (Wildman–Crippen MR) is 58.1 cm³/mol. The minimum atomic E-state index is -2.33. The molecule has 1 fully saturated rings. The van der Waals surface area contributed by atoms with Crippen molar-refractivity contribution in [3.05, 3.63) is 12.2 Å². The van der Waals surface area contributed by atoms with Gasteiger partial charge < -0.3 is 5.11 Å². The second-order valence-corrected chi connectivity index (χ2v) is 4.29. The lowest BCUT2D eigenvalue weighted by atomic mass is 10.1. The molecule has 0 aromatic rings. The van der Waals surface area contributed by atoms with E-state index in [1.54, 1.807) is 0 Å². The Hall–Kier alpha value is -2.51. The molecule has 2 rings (SSSR count). The molecular formula is C11H10N2O6. The maximum Gasteiger partial charge on any atom is 0.351 e. The van der Waals surface area contributed by atoms with Gasteiger partial charge in [-0.1, -0.05) is 0 Å². The van der Waals surface area contributed by atoms with E-state index >= 15 is 0 Å². The number of hydrogen-bond acceptors (Lipinski definition) is 5. The Morgan fingerprint density at radius 1 is 1.05 bits per heavy atom. The van der Waals surface area contributed by atoms with Crippen molar-refractivity contribution in [3.63, 3.8) is 0 Å². The smallest absolute Gasteiger partial charge is 0.351 e. The van der Waals surface area contributed by atoms with E-state index in [0.717, 1.165) is 19.1 Å². The summed E-state index contributed by atoms with van der Waals surface area (Å²) < 4.78 is 0. The quantitative estimate of drug-likeness (QED) is 0.646. The van der Waals surface area contributed by atoms with E-state index in [1.807, 2.05) is 0 Å². The number of imide groups is 2. The van der Waals surface area contributed by atoms with Gasteiger partial charge in [-0.05, 0) is 6.92 Å². The van der Waals surface area contributed by atoms with Crippen LogP contribution in [0.4, 0.5) is 0 Å². The maximum atomic E-state index is 11.7. The van der Waals surface area contributed by atoms with Gasteiger partial charge in [-0.25, -0.2) is 14.6 Å². The molecule has 0 aromatic carbocycles. The molecule has 4 amide bonds. The van der Waals surface area contributed by atoms with Crippen LogP contribution >= 0.6 is 0 Å². The normalized spacial score (nSPS) is 22.4. The SMILES string of the molecule is CC(C(=O)O)(N1C(=O)C=CC1=O)N1C(=O)CCC1=O. The molecule has 2 aliphatic heterocycles. The molecule has 2 aliphatic rings. The van der Waals surface area contributed by atoms with Gasteiger partial charge in [-0.15, -0.1) is 0 Å². The monoisotopic (exact) mass is 266 g/mol. The van der Waals surface area contributed by atoms with E-state index in [0.29, 0.717) is 9.80 Å². The first-order valence-corrected chi connectivity index (χ1v) is 5.45. The molecule has 1 N–H and O–H groups in total. The lowest BCUT2D eigenvalue weighted by Crippen LogP contribution is -2.66. The molecule has 1 atom stereocenters. The van der Waals surface area contributed by atoms with E-state index < -0.39 is 35.3 Å². The van der Waals surface area contributed by atoms with E-state index in [4.69, 9.17) is 0 Å². The Morgan fingerprint density at radius 2 is 1.47 bits per heavy atom. The fraction of sp³-hybridized carbons (Fsp3) is 0.364. The summed E-state index contributed by atoms with van der Waals surface area (Å²) in [4.78, 5) is 58.9. The van der Waals surface area contributed by atoms with Crippen molar-refractivity contribution in [1.29, 1.82) is 0 Å². The largest absolute Gasteiger partial charge is 0.478 e. The van der Waals surface area contributed by atoms with Crippen molar-refractivity contribution in [2.24, 2.45) is 0 Å². The van der Waals surface area contributed by atoms with Crippen molar-refractivity contribution < 1.29 is 29.1 Å². The van der Waals surface area contributed by atoms with Crippen LogP contribution in [0.15, 0.2) is 12.2 Å². The second-order valence-electron chi connectivity index (χ2n) is 4.29. The average Bonchev–Trinajstić information content (AvgIpc) is 2.82. The molecule has 0 radical (unpaired) electrons. The van der Waals surface area contributed by atoms with Crippen molar-refractivity contribution in [2.45, 2.75) is 25.4 Å². The Balaban J connectivity index is 2.53. The van der Waals surface area contributed by atoms with Crippen LogP contribution in [0.5, 0.6) is 0 Å². The number of nitrogens with zero attached hydrogens (tertiary/aromatic N) is 2. The number of carbonyl (C=O) groups is 5. The number of aliphatic carboxylic acids is 1. The number of hydrogen-bond donors (Lipinski definition) is 1. The molecule has 0 spiro atoms. The number of carboxylic acid groups (broad SMARTS) is 1. The van der Waals surface area contributed by atoms with Gasteiger partial charge in [-0.3, -0.25) is 19.2 Å². The van der Waals surface area contributed by atoms with E-state index in [-0.39, 0.29) is 12.8 Å².